The van der Waals surface area contributed by atoms with Crippen LogP contribution in [0.3, 0.4) is 0 Å². The Morgan fingerprint density at radius 1 is 1.14 bits per heavy atom. The average Bonchev–Trinajstić information content (AvgIpc) is 2.75. The number of hydrogen-bond donors (Lipinski definition) is 1. The first kappa shape index (κ1) is 17.1. The second-order valence-electron chi connectivity index (χ2n) is 8.05. The number of amides is 2. The number of carbonyl (C=O) groups excluding carboxylic acids is 2. The molecule has 2 rings (SSSR count). The lowest BCUT2D eigenvalue weighted by atomic mass is 9.85. The quantitative estimate of drug-likeness (QED) is 0.848. The van der Waals surface area contributed by atoms with E-state index < -0.39 is 29.4 Å². The highest BCUT2D eigenvalue weighted by Crippen LogP contribution is 2.62. The highest BCUT2D eigenvalue weighted by molar-refractivity contribution is 5.90. The van der Waals surface area contributed by atoms with Gasteiger partial charge in [-0.3, -0.25) is 9.59 Å². The predicted octanol–water partition coefficient (Wildman–Crippen LogP) is 2.19. The van der Waals surface area contributed by atoms with Gasteiger partial charge in [-0.2, -0.15) is 13.2 Å². The summed E-state index contributed by atoms with van der Waals surface area (Å²) in [6.45, 7) is 10.3. The Kier molecular flexibility index (Phi) is 3.78. The van der Waals surface area contributed by atoms with Gasteiger partial charge in [-0.05, 0) is 22.7 Å². The normalized spacial score (nSPS) is 28.1. The first-order valence-corrected chi connectivity index (χ1v) is 7.42. The van der Waals surface area contributed by atoms with Crippen molar-refractivity contribution in [2.45, 2.75) is 46.8 Å². The van der Waals surface area contributed by atoms with E-state index in [9.17, 15) is 22.8 Å². The standard InChI is InChI=1S/C15H23F3N2O2/c1-13(2,3)10(19-12(22)15(16,17)18)11(21)20-6-8-9(7-20)14(8,4)5/h8-10H,6-7H2,1-5H3,(H,19,22)/t8-,9?,10-/m1/s1. The summed E-state index contributed by atoms with van der Waals surface area (Å²) in [6, 6.07) is -1.18. The van der Waals surface area contributed by atoms with Gasteiger partial charge in [0.15, 0.2) is 0 Å². The highest BCUT2D eigenvalue weighted by atomic mass is 19.4. The zero-order valence-electron chi connectivity index (χ0n) is 13.5. The topological polar surface area (TPSA) is 49.4 Å². The van der Waals surface area contributed by atoms with Crippen LogP contribution in [-0.2, 0) is 9.59 Å². The van der Waals surface area contributed by atoms with E-state index in [0.29, 0.717) is 24.9 Å². The van der Waals surface area contributed by atoms with E-state index in [4.69, 9.17) is 0 Å². The molecule has 0 aromatic heterocycles. The molecule has 1 aliphatic heterocycles. The van der Waals surface area contributed by atoms with Crippen LogP contribution in [0.1, 0.15) is 34.6 Å². The maximum absolute atomic E-state index is 12.6. The Morgan fingerprint density at radius 3 is 1.95 bits per heavy atom. The lowest BCUT2D eigenvalue weighted by Gasteiger charge is -2.34. The predicted molar refractivity (Wildman–Crippen MR) is 74.8 cm³/mol. The maximum Gasteiger partial charge on any atom is 0.471 e. The number of halogens is 3. The van der Waals surface area contributed by atoms with Crippen molar-refractivity contribution >= 4 is 11.8 Å². The molecule has 1 aliphatic carbocycles. The van der Waals surface area contributed by atoms with E-state index in [0.717, 1.165) is 0 Å². The Balaban J connectivity index is 2.08. The second-order valence-corrected chi connectivity index (χ2v) is 8.05. The van der Waals surface area contributed by atoms with Crippen LogP contribution in [-0.4, -0.2) is 42.0 Å². The fourth-order valence-corrected chi connectivity index (χ4v) is 3.36. The summed E-state index contributed by atoms with van der Waals surface area (Å²) in [6.07, 6.45) is -4.99. The van der Waals surface area contributed by atoms with Crippen LogP contribution in [0.2, 0.25) is 0 Å². The average molecular weight is 320 g/mol. The summed E-state index contributed by atoms with van der Waals surface area (Å²) in [4.78, 5) is 25.4. The summed E-state index contributed by atoms with van der Waals surface area (Å²) in [5.74, 6) is -1.66. The summed E-state index contributed by atoms with van der Waals surface area (Å²) >= 11 is 0. The zero-order valence-corrected chi connectivity index (χ0v) is 13.5. The van der Waals surface area contributed by atoms with Gasteiger partial charge >= 0.3 is 12.1 Å². The van der Waals surface area contributed by atoms with Crippen LogP contribution < -0.4 is 5.32 Å². The van der Waals surface area contributed by atoms with Crippen LogP contribution in [0.15, 0.2) is 0 Å². The van der Waals surface area contributed by atoms with Crippen molar-refractivity contribution in [3.63, 3.8) is 0 Å². The minimum Gasteiger partial charge on any atom is -0.340 e. The van der Waals surface area contributed by atoms with Crippen LogP contribution in [0.4, 0.5) is 13.2 Å². The molecular formula is C15H23F3N2O2. The second kappa shape index (κ2) is 4.86. The van der Waals surface area contributed by atoms with Crippen molar-refractivity contribution < 1.29 is 22.8 Å². The number of carbonyl (C=O) groups is 2. The molecule has 2 fully saturated rings. The molecule has 1 saturated carbocycles. The largest absolute Gasteiger partial charge is 0.471 e. The number of fused-ring (bicyclic) bond motifs is 1. The third-order valence-electron chi connectivity index (χ3n) is 5.08. The van der Waals surface area contributed by atoms with Crippen molar-refractivity contribution in [1.82, 2.24) is 10.2 Å². The zero-order chi connectivity index (χ0) is 17.1. The van der Waals surface area contributed by atoms with Crippen molar-refractivity contribution in [3.8, 4) is 0 Å². The molecule has 22 heavy (non-hydrogen) atoms. The Morgan fingerprint density at radius 2 is 1.59 bits per heavy atom. The van der Waals surface area contributed by atoms with Crippen LogP contribution >= 0.6 is 0 Å². The van der Waals surface area contributed by atoms with Gasteiger partial charge in [0.05, 0.1) is 0 Å². The molecule has 126 valence electrons. The number of nitrogens with zero attached hydrogens (tertiary/aromatic N) is 1. The van der Waals surface area contributed by atoms with Gasteiger partial charge < -0.3 is 10.2 Å². The number of hydrogen-bond acceptors (Lipinski definition) is 2. The molecule has 0 bridgehead atoms. The third-order valence-corrected chi connectivity index (χ3v) is 5.08. The molecule has 2 amide bonds. The van der Waals surface area contributed by atoms with Crippen molar-refractivity contribution in [2.75, 3.05) is 13.1 Å². The molecule has 0 aromatic rings. The van der Waals surface area contributed by atoms with E-state index >= 15 is 0 Å². The van der Waals surface area contributed by atoms with Gasteiger partial charge in [0.1, 0.15) is 6.04 Å². The SMILES string of the molecule is CC(C)(C)[C@H](NC(=O)C(F)(F)F)C(=O)N1CC2[C@@H](C1)C2(C)C. The summed E-state index contributed by atoms with van der Waals surface area (Å²) in [5, 5.41) is 1.87. The van der Waals surface area contributed by atoms with E-state index in [1.54, 1.807) is 25.7 Å². The molecule has 1 saturated heterocycles. The molecule has 3 atom stereocenters. The molecule has 1 heterocycles. The number of likely N-dealkylation sites (tertiary alicyclic amines) is 1. The van der Waals surface area contributed by atoms with Gasteiger partial charge in [-0.25, -0.2) is 0 Å². The first-order valence-electron chi connectivity index (χ1n) is 7.42. The molecular weight excluding hydrogens is 297 g/mol. The van der Waals surface area contributed by atoms with Gasteiger partial charge in [-0.1, -0.05) is 34.6 Å². The van der Waals surface area contributed by atoms with E-state index in [2.05, 4.69) is 13.8 Å². The van der Waals surface area contributed by atoms with E-state index in [1.807, 2.05) is 5.32 Å². The molecule has 0 radical (unpaired) electrons. The van der Waals surface area contributed by atoms with Gasteiger partial charge in [0.25, 0.3) is 0 Å². The molecule has 1 N–H and O–H groups in total. The number of nitrogens with one attached hydrogen (secondary N) is 1. The minimum atomic E-state index is -4.99. The highest BCUT2D eigenvalue weighted by Gasteiger charge is 2.63. The lowest BCUT2D eigenvalue weighted by molar-refractivity contribution is -0.176. The monoisotopic (exact) mass is 320 g/mol. The van der Waals surface area contributed by atoms with Gasteiger partial charge in [0.2, 0.25) is 5.91 Å². The third kappa shape index (κ3) is 2.94. The Hall–Kier alpha value is -1.27. The van der Waals surface area contributed by atoms with Crippen LogP contribution in [0.25, 0.3) is 0 Å². The molecule has 0 aromatic carbocycles. The van der Waals surface area contributed by atoms with E-state index in [-0.39, 0.29) is 5.41 Å². The van der Waals surface area contributed by atoms with E-state index in [1.165, 1.54) is 0 Å². The van der Waals surface area contributed by atoms with Crippen molar-refractivity contribution in [2.24, 2.45) is 22.7 Å². The smallest absolute Gasteiger partial charge is 0.340 e. The minimum absolute atomic E-state index is 0.212. The van der Waals surface area contributed by atoms with Crippen LogP contribution in [0, 0.1) is 22.7 Å². The summed E-state index contributed by atoms with van der Waals surface area (Å²) in [7, 11) is 0. The molecule has 7 heteroatoms. The molecule has 1 unspecified atom stereocenters. The molecule has 0 spiro atoms. The summed E-state index contributed by atoms with van der Waals surface area (Å²) < 4.78 is 37.4. The fourth-order valence-electron chi connectivity index (χ4n) is 3.36. The lowest BCUT2D eigenvalue weighted by Crippen LogP contribution is -2.57. The van der Waals surface area contributed by atoms with Crippen LogP contribution in [0.5, 0.6) is 0 Å². The molecule has 2 aliphatic rings. The Bertz CT molecular complexity index is 480. The molecule has 4 nitrogen and oxygen atoms in total. The Labute approximate surface area is 128 Å². The number of alkyl halides is 3. The first-order chi connectivity index (χ1) is 9.76. The number of piperidine rings is 1. The fraction of sp³-hybridized carbons (Fsp3) is 0.867. The number of rotatable bonds is 2. The summed E-state index contributed by atoms with van der Waals surface area (Å²) in [5.41, 5.74) is -0.580. The van der Waals surface area contributed by atoms with Crippen molar-refractivity contribution in [3.05, 3.63) is 0 Å². The van der Waals surface area contributed by atoms with Crippen molar-refractivity contribution in [1.29, 1.82) is 0 Å². The van der Waals surface area contributed by atoms with Gasteiger partial charge in [0, 0.05) is 13.1 Å². The van der Waals surface area contributed by atoms with Gasteiger partial charge in [-0.15, -0.1) is 0 Å². The maximum atomic E-state index is 12.6.